The van der Waals surface area contributed by atoms with E-state index in [1.807, 2.05) is 113 Å². The molecule has 0 bridgehead atoms. The highest BCUT2D eigenvalue weighted by Gasteiger charge is 2.26. The predicted molar refractivity (Wildman–Crippen MR) is 280 cm³/mol. The van der Waals surface area contributed by atoms with Crippen LogP contribution < -0.4 is 0 Å². The van der Waals surface area contributed by atoms with Gasteiger partial charge in [-0.05, 0) is 150 Å². The van der Waals surface area contributed by atoms with E-state index >= 15 is 0 Å². The Morgan fingerprint density at radius 1 is 0.609 bits per heavy atom. The molecule has 2 aliphatic carbocycles. The molecule has 0 saturated heterocycles. The summed E-state index contributed by atoms with van der Waals surface area (Å²) in [5, 5.41) is 9.65. The second kappa shape index (κ2) is 26.8. The smallest absolute Gasteiger partial charge is 0.338 e. The maximum absolute atomic E-state index is 12.2. The number of aliphatic hydroxyl groups is 1. The van der Waals surface area contributed by atoms with Gasteiger partial charge in [0.1, 0.15) is 17.2 Å². The number of aromatic nitrogens is 2. The summed E-state index contributed by atoms with van der Waals surface area (Å²) in [5.41, 5.74) is 8.46. The van der Waals surface area contributed by atoms with E-state index in [9.17, 15) is 14.7 Å². The number of ether oxygens (including phenoxy) is 5. The fourth-order valence-corrected chi connectivity index (χ4v) is 9.56. The molecule has 2 aliphatic rings. The van der Waals surface area contributed by atoms with Gasteiger partial charge >= 0.3 is 11.9 Å². The fourth-order valence-electron chi connectivity index (χ4n) is 8.32. The lowest BCUT2D eigenvalue weighted by atomic mass is 9.94. The highest BCUT2D eigenvalue weighted by molar-refractivity contribution is 14.1. The number of oxazole rings is 2. The maximum atomic E-state index is 12.2. The van der Waals surface area contributed by atoms with Crippen LogP contribution in [-0.4, -0.2) is 65.6 Å². The summed E-state index contributed by atoms with van der Waals surface area (Å²) in [6.45, 7) is 8.83. The second-order valence-electron chi connectivity index (χ2n) is 17.2. The summed E-state index contributed by atoms with van der Waals surface area (Å²) in [4.78, 5) is 33.1. The van der Waals surface area contributed by atoms with E-state index in [1.165, 1.54) is 14.2 Å². The minimum absolute atomic E-state index is 0.0739. The number of hydrogen-bond acceptors (Lipinski definition) is 12. The van der Waals surface area contributed by atoms with Gasteiger partial charge in [0, 0.05) is 24.5 Å². The standard InChI is InChI=1S/C27H30BrNO5.C16H22O4.C11H9BrINO/c1-17-6-4-7-20(25(17)27(30)31-3)15-32-22-8-5-9-23(14-22)33-16-24-18(2)34-26(29-24)19-10-12-21(28)13-11-19;1-11-5-3-6-12(15(11)16(18)19-2)10-20-14-8-4-7-13(17)9-14;1-7-10(6-13)14-11(15-7)8-2-4-9(12)5-3-8/h4,6-7,10-13,22-23H,5,8-9,14-16H2,1-3H3;3,5-6,13-14,17H,4,7-10H2,1-2H3;2-5H,6H2,1H3. The monoisotopic (exact) mass is 1180 g/mol. The minimum Gasteiger partial charge on any atom is -0.465 e. The number of alkyl halides is 1. The Morgan fingerprint density at radius 3 is 1.46 bits per heavy atom. The highest BCUT2D eigenvalue weighted by atomic mass is 127. The predicted octanol–water partition coefficient (Wildman–Crippen LogP) is 13.5. The van der Waals surface area contributed by atoms with Gasteiger partial charge in [0.2, 0.25) is 11.8 Å². The van der Waals surface area contributed by atoms with Crippen molar-refractivity contribution < 1.29 is 47.2 Å². The molecule has 0 aliphatic heterocycles. The zero-order valence-electron chi connectivity index (χ0n) is 40.0. The number of rotatable bonds is 14. The summed E-state index contributed by atoms with van der Waals surface area (Å²) in [5.74, 6) is 2.33. The second-order valence-corrected chi connectivity index (χ2v) is 19.8. The van der Waals surface area contributed by atoms with Gasteiger partial charge < -0.3 is 37.6 Å². The summed E-state index contributed by atoms with van der Waals surface area (Å²) < 4.78 is 42.5. The minimum atomic E-state index is -0.328. The molecule has 8 rings (SSSR count). The van der Waals surface area contributed by atoms with E-state index < -0.39 is 0 Å². The van der Waals surface area contributed by atoms with Gasteiger partial charge in [-0.15, -0.1) is 0 Å². The van der Waals surface area contributed by atoms with Crippen LogP contribution >= 0.6 is 54.5 Å². The summed E-state index contributed by atoms with van der Waals surface area (Å²) in [6, 6.07) is 27.3. The molecule has 69 heavy (non-hydrogen) atoms. The fraction of sp³-hybridized carbons (Fsp3) is 0.407. The first-order chi connectivity index (χ1) is 33.3. The number of methoxy groups -OCH3 is 2. The van der Waals surface area contributed by atoms with E-state index in [4.69, 9.17) is 32.5 Å². The molecule has 1 N–H and O–H groups in total. The van der Waals surface area contributed by atoms with Crippen molar-refractivity contribution in [3.63, 3.8) is 0 Å². The Kier molecular flexibility index (Phi) is 21.0. The van der Waals surface area contributed by atoms with E-state index in [1.54, 1.807) is 0 Å². The average molecular weight is 1180 g/mol. The first-order valence-corrected chi connectivity index (χ1v) is 26.2. The van der Waals surface area contributed by atoms with Crippen molar-refractivity contribution in [3.05, 3.63) is 150 Å². The van der Waals surface area contributed by atoms with Crippen LogP contribution in [0.1, 0.15) is 117 Å². The third-order valence-corrected chi connectivity index (χ3v) is 14.0. The maximum Gasteiger partial charge on any atom is 0.338 e. The molecule has 2 aromatic heterocycles. The van der Waals surface area contributed by atoms with Crippen LogP contribution in [0.3, 0.4) is 0 Å². The summed E-state index contributed by atoms with van der Waals surface area (Å²) in [7, 11) is 2.79. The Bertz CT molecular complexity index is 2600. The molecule has 2 fully saturated rings. The van der Waals surface area contributed by atoms with Crippen molar-refractivity contribution in [2.45, 2.75) is 128 Å². The van der Waals surface area contributed by atoms with Gasteiger partial charge in [-0.2, -0.15) is 0 Å². The molecule has 0 radical (unpaired) electrons. The molecular formula is C54H61Br2IN2O10. The normalized spacial score (nSPS) is 17.8. The molecule has 2 heterocycles. The highest BCUT2D eigenvalue weighted by Crippen LogP contribution is 2.30. The molecule has 0 spiro atoms. The lowest BCUT2D eigenvalue weighted by Gasteiger charge is -2.29. The molecule has 368 valence electrons. The zero-order valence-corrected chi connectivity index (χ0v) is 45.4. The van der Waals surface area contributed by atoms with Crippen molar-refractivity contribution in [2.24, 2.45) is 0 Å². The SMILES string of the molecule is COC(=O)c1c(C)cccc1COC1CCCC(O)C1.COC(=O)c1c(C)cccc1COC1CCCC(OCc2nc(-c3ccc(Br)cc3)oc2C)C1.Cc1oc(-c2ccc(Br)cc2)nc1CI. The van der Waals surface area contributed by atoms with Gasteiger partial charge in [0.15, 0.2) is 0 Å². The number of aryl methyl sites for hydroxylation is 4. The van der Waals surface area contributed by atoms with Gasteiger partial charge in [-0.25, -0.2) is 19.6 Å². The van der Waals surface area contributed by atoms with E-state index in [0.717, 1.165) is 115 Å². The number of benzene rings is 4. The number of esters is 2. The van der Waals surface area contributed by atoms with Crippen LogP contribution in [0.5, 0.6) is 0 Å². The quantitative estimate of drug-likeness (QED) is 0.0627. The Balaban J connectivity index is 0.000000188. The number of carbonyl (C=O) groups excluding carboxylic acids is 2. The number of carbonyl (C=O) groups is 2. The van der Waals surface area contributed by atoms with Crippen molar-refractivity contribution in [3.8, 4) is 22.9 Å². The van der Waals surface area contributed by atoms with Crippen LogP contribution in [0, 0.1) is 27.7 Å². The molecule has 0 amide bonds. The number of halogens is 3. The van der Waals surface area contributed by atoms with Crippen LogP contribution in [0.2, 0.25) is 0 Å². The van der Waals surface area contributed by atoms with Crippen LogP contribution in [-0.2, 0) is 47.9 Å². The van der Waals surface area contributed by atoms with Gasteiger partial charge in [0.05, 0.1) is 75.3 Å². The van der Waals surface area contributed by atoms with Crippen LogP contribution in [0.4, 0.5) is 0 Å². The van der Waals surface area contributed by atoms with Crippen LogP contribution in [0.15, 0.2) is 103 Å². The lowest BCUT2D eigenvalue weighted by Crippen LogP contribution is -2.28. The van der Waals surface area contributed by atoms with Crippen molar-refractivity contribution in [1.29, 1.82) is 0 Å². The molecule has 6 aromatic rings. The lowest BCUT2D eigenvalue weighted by molar-refractivity contribution is -0.0564. The first-order valence-electron chi connectivity index (χ1n) is 23.1. The number of aliphatic hydroxyl groups excluding tert-OH is 1. The summed E-state index contributed by atoms with van der Waals surface area (Å²) >= 11 is 9.14. The van der Waals surface area contributed by atoms with Crippen molar-refractivity contribution >= 4 is 66.4 Å². The molecule has 12 nitrogen and oxygen atoms in total. The summed E-state index contributed by atoms with van der Waals surface area (Å²) in [6.07, 6.45) is 7.33. The Labute approximate surface area is 435 Å². The van der Waals surface area contributed by atoms with E-state index in [0.29, 0.717) is 49.1 Å². The Hall–Kier alpha value is -4.23. The third kappa shape index (κ3) is 15.6. The van der Waals surface area contributed by atoms with Gasteiger partial charge in [-0.3, -0.25) is 0 Å². The Morgan fingerprint density at radius 2 is 1.03 bits per heavy atom. The molecule has 15 heteroatoms. The largest absolute Gasteiger partial charge is 0.465 e. The molecule has 4 unspecified atom stereocenters. The van der Waals surface area contributed by atoms with Crippen LogP contribution in [0.25, 0.3) is 22.9 Å². The molecule has 4 aromatic carbocycles. The van der Waals surface area contributed by atoms with Crippen molar-refractivity contribution in [1.82, 2.24) is 9.97 Å². The molecule has 4 atom stereocenters. The van der Waals surface area contributed by atoms with E-state index in [-0.39, 0.29) is 36.4 Å². The molecule has 2 saturated carbocycles. The average Bonchev–Trinajstić information content (AvgIpc) is 3.93. The zero-order chi connectivity index (χ0) is 49.5. The first kappa shape index (κ1) is 54.1. The third-order valence-electron chi connectivity index (χ3n) is 12.2. The van der Waals surface area contributed by atoms with Gasteiger partial charge in [-0.1, -0.05) is 90.8 Å². The number of hydrogen-bond donors (Lipinski definition) is 1. The van der Waals surface area contributed by atoms with E-state index in [2.05, 4.69) is 64.4 Å². The van der Waals surface area contributed by atoms with Gasteiger partial charge in [0.25, 0.3) is 0 Å². The topological polar surface area (TPSA) is 153 Å². The molecular weight excluding hydrogens is 1120 g/mol. The number of nitrogens with zero attached hydrogens (tertiary/aromatic N) is 2. The van der Waals surface area contributed by atoms with Crippen molar-refractivity contribution in [2.75, 3.05) is 14.2 Å².